The number of hydrogen-bond donors (Lipinski definition) is 0. The van der Waals surface area contributed by atoms with E-state index in [4.69, 9.17) is 11.7 Å². The number of rotatable bonds is 0. The first-order valence-electron chi connectivity index (χ1n) is 1.84. The lowest BCUT2D eigenvalue weighted by atomic mass is 10.3. The summed E-state index contributed by atoms with van der Waals surface area (Å²) in [6.45, 7) is 1.71. The first kappa shape index (κ1) is 5.79. The van der Waals surface area contributed by atoms with Crippen LogP contribution in [-0.2, 0) is 0 Å². The number of nitrogens with zero attached hydrogens (tertiary/aromatic N) is 1. The third-order valence-electron chi connectivity index (χ3n) is 0.509. The van der Waals surface area contributed by atoms with Gasteiger partial charge in [0.1, 0.15) is 0 Å². The Morgan fingerprint density at radius 3 is 2.57 bits per heavy atom. The maximum absolute atomic E-state index is 7.95. The third kappa shape index (κ3) is 2.60. The summed E-state index contributed by atoms with van der Waals surface area (Å²) in [7, 11) is 0. The average molecular weight is 91.1 g/mol. The van der Waals surface area contributed by atoms with Crippen molar-refractivity contribution in [3.63, 3.8) is 0 Å². The zero-order valence-electron chi connectivity index (χ0n) is 4.10. The van der Waals surface area contributed by atoms with Gasteiger partial charge in [0, 0.05) is 11.6 Å². The Morgan fingerprint density at radius 1 is 1.86 bits per heavy atom. The molecule has 0 aromatic carbocycles. The van der Waals surface area contributed by atoms with E-state index >= 15 is 0 Å². The summed E-state index contributed by atoms with van der Waals surface area (Å²) in [5, 5.41) is 7.95. The fraction of sp³-hybridized carbons (Fsp3) is 0.167. The highest BCUT2D eigenvalue weighted by molar-refractivity contribution is 5.27. The fourth-order valence-electron chi connectivity index (χ4n) is 0.138. The smallest absolute Gasteiger partial charge is 0.0921 e. The molecule has 0 amide bonds. The SMILES string of the molecule is C#C/C(C)=C\C#N. The van der Waals surface area contributed by atoms with E-state index in [0.29, 0.717) is 5.57 Å². The second-order valence-corrected chi connectivity index (χ2v) is 1.10. The second-order valence-electron chi connectivity index (χ2n) is 1.10. The molecule has 0 aliphatic rings. The summed E-state index contributed by atoms with van der Waals surface area (Å²) >= 11 is 0. The van der Waals surface area contributed by atoms with Crippen LogP contribution in [0, 0.1) is 23.7 Å². The molecule has 0 aromatic heterocycles. The molecule has 34 valence electrons. The molecular formula is C6H5N. The Morgan fingerprint density at radius 2 is 2.43 bits per heavy atom. The van der Waals surface area contributed by atoms with Crippen molar-refractivity contribution in [1.82, 2.24) is 0 Å². The minimum Gasteiger partial charge on any atom is -0.193 e. The van der Waals surface area contributed by atoms with Crippen LogP contribution in [0.4, 0.5) is 0 Å². The van der Waals surface area contributed by atoms with Gasteiger partial charge in [0.2, 0.25) is 0 Å². The highest BCUT2D eigenvalue weighted by Gasteiger charge is 1.71. The lowest BCUT2D eigenvalue weighted by Crippen LogP contribution is -1.61. The van der Waals surface area contributed by atoms with E-state index in [1.54, 1.807) is 6.92 Å². The maximum atomic E-state index is 7.95. The summed E-state index contributed by atoms with van der Waals surface area (Å²) in [4.78, 5) is 0. The molecule has 0 rings (SSSR count). The van der Waals surface area contributed by atoms with E-state index in [1.807, 2.05) is 6.07 Å². The molecule has 1 nitrogen and oxygen atoms in total. The Bertz CT molecular complexity index is 152. The normalized spacial score (nSPS) is 9.29. The molecule has 0 N–H and O–H groups in total. The number of hydrogen-bond acceptors (Lipinski definition) is 1. The highest BCUT2D eigenvalue weighted by Crippen LogP contribution is 1.83. The van der Waals surface area contributed by atoms with E-state index in [1.165, 1.54) is 6.08 Å². The van der Waals surface area contributed by atoms with Gasteiger partial charge in [0.25, 0.3) is 0 Å². The summed E-state index contributed by atoms with van der Waals surface area (Å²) in [5.41, 5.74) is 0.669. The molecule has 0 fully saturated rings. The van der Waals surface area contributed by atoms with Crippen LogP contribution in [0.15, 0.2) is 11.6 Å². The minimum absolute atomic E-state index is 0.669. The van der Waals surface area contributed by atoms with Crippen LogP contribution < -0.4 is 0 Å². The Hall–Kier alpha value is -1.21. The van der Waals surface area contributed by atoms with Gasteiger partial charge in [-0.1, -0.05) is 5.92 Å². The molecule has 0 spiro atoms. The number of nitriles is 1. The molecule has 0 heterocycles. The molecule has 0 bridgehead atoms. The van der Waals surface area contributed by atoms with Gasteiger partial charge in [0.15, 0.2) is 0 Å². The van der Waals surface area contributed by atoms with Crippen molar-refractivity contribution in [2.75, 3.05) is 0 Å². The van der Waals surface area contributed by atoms with Gasteiger partial charge < -0.3 is 0 Å². The van der Waals surface area contributed by atoms with Crippen LogP contribution >= 0.6 is 0 Å². The highest BCUT2D eigenvalue weighted by atomic mass is 14.2. The van der Waals surface area contributed by atoms with Crippen molar-refractivity contribution in [2.45, 2.75) is 6.92 Å². The van der Waals surface area contributed by atoms with Gasteiger partial charge in [-0.15, -0.1) is 6.42 Å². The summed E-state index contributed by atoms with van der Waals surface area (Å²) in [5.74, 6) is 2.30. The van der Waals surface area contributed by atoms with Crippen LogP contribution in [0.2, 0.25) is 0 Å². The summed E-state index contributed by atoms with van der Waals surface area (Å²) in [6, 6.07) is 1.81. The van der Waals surface area contributed by atoms with Crippen LogP contribution in [0.3, 0.4) is 0 Å². The predicted molar refractivity (Wildman–Crippen MR) is 28.2 cm³/mol. The van der Waals surface area contributed by atoms with Crippen LogP contribution in [0.5, 0.6) is 0 Å². The molecule has 0 radical (unpaired) electrons. The fourth-order valence-corrected chi connectivity index (χ4v) is 0.138. The topological polar surface area (TPSA) is 23.8 Å². The first-order valence-corrected chi connectivity index (χ1v) is 1.84. The lowest BCUT2D eigenvalue weighted by molar-refractivity contribution is 1.50. The van der Waals surface area contributed by atoms with Gasteiger partial charge >= 0.3 is 0 Å². The van der Waals surface area contributed by atoms with E-state index in [-0.39, 0.29) is 0 Å². The minimum atomic E-state index is 0.669. The zero-order valence-corrected chi connectivity index (χ0v) is 4.10. The number of allylic oxidation sites excluding steroid dienone is 2. The molecule has 0 aliphatic heterocycles. The average Bonchev–Trinajstić information content (AvgIpc) is 1.68. The lowest BCUT2D eigenvalue weighted by Gasteiger charge is -1.72. The van der Waals surface area contributed by atoms with Gasteiger partial charge in [-0.05, 0) is 6.92 Å². The second kappa shape index (κ2) is 3.00. The Balaban J connectivity index is 3.89. The monoisotopic (exact) mass is 91.0 g/mol. The first-order chi connectivity index (χ1) is 3.31. The van der Waals surface area contributed by atoms with E-state index in [9.17, 15) is 0 Å². The molecule has 0 saturated heterocycles. The standard InChI is InChI=1S/C6H5N/c1-3-6(2)4-5-7/h1,4H,2H3/b6-4-. The molecule has 0 aromatic rings. The number of terminal acetylenes is 1. The van der Waals surface area contributed by atoms with E-state index < -0.39 is 0 Å². The largest absolute Gasteiger partial charge is 0.193 e. The Labute approximate surface area is 43.3 Å². The zero-order chi connectivity index (χ0) is 5.70. The van der Waals surface area contributed by atoms with Crippen molar-refractivity contribution in [2.24, 2.45) is 0 Å². The van der Waals surface area contributed by atoms with Gasteiger partial charge in [-0.25, -0.2) is 0 Å². The van der Waals surface area contributed by atoms with Crippen LogP contribution in [0.25, 0.3) is 0 Å². The van der Waals surface area contributed by atoms with Crippen LogP contribution in [-0.4, -0.2) is 0 Å². The quantitative estimate of drug-likeness (QED) is 0.323. The van der Waals surface area contributed by atoms with Crippen LogP contribution in [0.1, 0.15) is 6.92 Å². The molecule has 0 unspecified atom stereocenters. The van der Waals surface area contributed by atoms with Crippen molar-refractivity contribution in [1.29, 1.82) is 5.26 Å². The van der Waals surface area contributed by atoms with Crippen molar-refractivity contribution in [3.8, 4) is 18.4 Å². The molecule has 0 atom stereocenters. The van der Waals surface area contributed by atoms with Gasteiger partial charge in [0.05, 0.1) is 6.07 Å². The molecule has 0 saturated carbocycles. The Kier molecular flexibility index (Phi) is 2.48. The maximum Gasteiger partial charge on any atom is 0.0921 e. The van der Waals surface area contributed by atoms with E-state index in [0.717, 1.165) is 0 Å². The molecule has 0 aliphatic carbocycles. The molecule has 7 heavy (non-hydrogen) atoms. The molecular weight excluding hydrogens is 86.1 g/mol. The van der Waals surface area contributed by atoms with E-state index in [2.05, 4.69) is 5.92 Å². The predicted octanol–water partition coefficient (Wildman–Crippen LogP) is 1.09. The van der Waals surface area contributed by atoms with Crippen molar-refractivity contribution >= 4 is 0 Å². The van der Waals surface area contributed by atoms with Crippen molar-refractivity contribution in [3.05, 3.63) is 11.6 Å². The van der Waals surface area contributed by atoms with Gasteiger partial charge in [-0.2, -0.15) is 5.26 Å². The third-order valence-corrected chi connectivity index (χ3v) is 0.509. The molecule has 1 heteroatoms. The van der Waals surface area contributed by atoms with Crippen molar-refractivity contribution < 1.29 is 0 Å². The summed E-state index contributed by atoms with van der Waals surface area (Å²) in [6.07, 6.45) is 6.22. The van der Waals surface area contributed by atoms with Gasteiger partial charge in [-0.3, -0.25) is 0 Å². The summed E-state index contributed by atoms with van der Waals surface area (Å²) < 4.78 is 0.